The van der Waals surface area contributed by atoms with Crippen LogP contribution in [-0.2, 0) is 0 Å². The zero-order valence-electron chi connectivity index (χ0n) is 17.6. The number of allylic oxidation sites excluding steroid dienone is 3. The van der Waals surface area contributed by atoms with Gasteiger partial charge in [0, 0.05) is 19.6 Å². The average Bonchev–Trinajstić information content (AvgIpc) is 2.58. The molecule has 0 aliphatic carbocycles. The minimum atomic E-state index is 0.346. The molecule has 0 unspecified atom stereocenters. The quantitative estimate of drug-likeness (QED) is 0.484. The Bertz CT molecular complexity index is 624. The van der Waals surface area contributed by atoms with E-state index in [1.165, 1.54) is 27.8 Å². The third kappa shape index (κ3) is 8.53. The molecule has 1 rings (SSSR count). The fraction of sp³-hybridized carbons (Fsp3) is 0.500. The highest BCUT2D eigenvalue weighted by molar-refractivity contribution is 5.69. The van der Waals surface area contributed by atoms with Crippen LogP contribution in [0.25, 0.3) is 5.57 Å². The van der Waals surface area contributed by atoms with E-state index in [0.717, 1.165) is 38.9 Å². The van der Waals surface area contributed by atoms with Crippen molar-refractivity contribution in [3.63, 3.8) is 0 Å². The molecule has 1 aromatic carbocycles. The molecule has 0 saturated heterocycles. The van der Waals surface area contributed by atoms with Gasteiger partial charge in [0.05, 0.1) is 0 Å². The molecule has 0 spiro atoms. The summed E-state index contributed by atoms with van der Waals surface area (Å²) in [6.45, 7) is 15.9. The molecule has 0 radical (unpaired) electrons. The predicted octanol–water partition coefficient (Wildman–Crippen LogP) is 6.51. The van der Waals surface area contributed by atoms with Gasteiger partial charge in [0.2, 0.25) is 0 Å². The van der Waals surface area contributed by atoms with Crippen molar-refractivity contribution >= 4 is 5.57 Å². The van der Waals surface area contributed by atoms with Gasteiger partial charge in [-0.25, -0.2) is 0 Å². The van der Waals surface area contributed by atoms with Gasteiger partial charge in [0.1, 0.15) is 5.75 Å². The lowest BCUT2D eigenvalue weighted by Gasteiger charge is -2.21. The number of rotatable bonds is 10. The number of phenolic OH excluding ortho intramolecular Hbond substituents is 1. The molecule has 1 N–H and O–H groups in total. The molecule has 0 bridgehead atoms. The molecule has 1 aromatic rings. The van der Waals surface area contributed by atoms with E-state index in [4.69, 9.17) is 0 Å². The maximum atomic E-state index is 9.93. The monoisotopic (exact) mass is 355 g/mol. The van der Waals surface area contributed by atoms with Gasteiger partial charge in [0.15, 0.2) is 0 Å². The molecule has 0 aliphatic rings. The van der Waals surface area contributed by atoms with Crippen LogP contribution in [0.4, 0.5) is 0 Å². The number of aromatic hydroxyl groups is 1. The summed E-state index contributed by atoms with van der Waals surface area (Å²) in [5.74, 6) is 0.346. The largest absolute Gasteiger partial charge is 0.508 e. The molecule has 0 aromatic heterocycles. The van der Waals surface area contributed by atoms with E-state index < -0.39 is 0 Å². The lowest BCUT2D eigenvalue weighted by atomic mass is 9.96. The second kappa shape index (κ2) is 11.7. The van der Waals surface area contributed by atoms with Crippen molar-refractivity contribution in [3.8, 4) is 5.75 Å². The molecule has 0 heterocycles. The third-order valence-corrected chi connectivity index (χ3v) is 4.46. The van der Waals surface area contributed by atoms with Crippen LogP contribution in [0.5, 0.6) is 5.75 Å². The van der Waals surface area contributed by atoms with E-state index in [-0.39, 0.29) is 0 Å². The van der Waals surface area contributed by atoms with Crippen molar-refractivity contribution in [2.45, 2.75) is 60.8 Å². The van der Waals surface area contributed by atoms with Gasteiger partial charge in [-0.2, -0.15) is 0 Å². The van der Waals surface area contributed by atoms with E-state index in [2.05, 4.69) is 64.7 Å². The van der Waals surface area contributed by atoms with Crippen molar-refractivity contribution in [2.75, 3.05) is 19.6 Å². The number of phenols is 1. The Morgan fingerprint density at radius 3 is 2.15 bits per heavy atom. The Labute approximate surface area is 160 Å². The first-order valence-corrected chi connectivity index (χ1v) is 9.81. The highest BCUT2D eigenvalue weighted by atomic mass is 16.3. The summed E-state index contributed by atoms with van der Waals surface area (Å²) in [5, 5.41) is 9.93. The predicted molar refractivity (Wildman–Crippen MR) is 116 cm³/mol. The third-order valence-electron chi connectivity index (χ3n) is 4.46. The first-order valence-electron chi connectivity index (χ1n) is 9.81. The van der Waals surface area contributed by atoms with Crippen LogP contribution in [0.2, 0.25) is 0 Å². The molecule has 0 atom stereocenters. The van der Waals surface area contributed by atoms with Gasteiger partial charge in [-0.05, 0) is 76.3 Å². The SMILES string of the molecule is CCC/C=C(/CCN(CC=C(C)C)CC=C(C)C)c1cc(O)ccc1C. The summed E-state index contributed by atoms with van der Waals surface area (Å²) in [4.78, 5) is 2.48. The summed E-state index contributed by atoms with van der Waals surface area (Å²) in [5.41, 5.74) is 6.48. The Balaban J connectivity index is 2.95. The lowest BCUT2D eigenvalue weighted by Crippen LogP contribution is -2.26. The van der Waals surface area contributed by atoms with E-state index in [9.17, 15) is 5.11 Å². The van der Waals surface area contributed by atoms with Gasteiger partial charge in [-0.15, -0.1) is 0 Å². The average molecular weight is 356 g/mol. The maximum Gasteiger partial charge on any atom is 0.116 e. The minimum Gasteiger partial charge on any atom is -0.508 e. The molecule has 26 heavy (non-hydrogen) atoms. The molecule has 0 saturated carbocycles. The molecule has 0 aliphatic heterocycles. The van der Waals surface area contributed by atoms with Crippen molar-refractivity contribution in [1.82, 2.24) is 4.90 Å². The Hall–Kier alpha value is -1.80. The fourth-order valence-electron chi connectivity index (χ4n) is 2.78. The minimum absolute atomic E-state index is 0.346. The molecular weight excluding hydrogens is 318 g/mol. The summed E-state index contributed by atoms with van der Waals surface area (Å²) in [6, 6.07) is 5.69. The van der Waals surface area contributed by atoms with Crippen LogP contribution in [0.3, 0.4) is 0 Å². The second-order valence-electron chi connectivity index (χ2n) is 7.59. The first-order chi connectivity index (χ1) is 12.3. The second-order valence-corrected chi connectivity index (χ2v) is 7.59. The first kappa shape index (κ1) is 22.2. The van der Waals surface area contributed by atoms with Gasteiger partial charge >= 0.3 is 0 Å². The molecule has 0 amide bonds. The Morgan fingerprint density at radius 1 is 1.00 bits per heavy atom. The zero-order chi connectivity index (χ0) is 19.5. The summed E-state index contributed by atoms with van der Waals surface area (Å²) in [6.07, 6.45) is 10.2. The molecule has 144 valence electrons. The van der Waals surface area contributed by atoms with E-state index >= 15 is 0 Å². The lowest BCUT2D eigenvalue weighted by molar-refractivity contribution is 0.342. The highest BCUT2D eigenvalue weighted by Crippen LogP contribution is 2.27. The van der Waals surface area contributed by atoms with Crippen LogP contribution in [0.1, 0.15) is 65.0 Å². The van der Waals surface area contributed by atoms with Crippen molar-refractivity contribution in [3.05, 3.63) is 58.7 Å². The van der Waals surface area contributed by atoms with Crippen molar-refractivity contribution in [2.24, 2.45) is 0 Å². The summed E-state index contributed by atoms with van der Waals surface area (Å²) < 4.78 is 0. The summed E-state index contributed by atoms with van der Waals surface area (Å²) >= 11 is 0. The number of nitrogens with zero attached hydrogens (tertiary/aromatic N) is 1. The highest BCUT2D eigenvalue weighted by Gasteiger charge is 2.09. The number of benzene rings is 1. The zero-order valence-corrected chi connectivity index (χ0v) is 17.6. The summed E-state index contributed by atoms with van der Waals surface area (Å²) in [7, 11) is 0. The number of unbranched alkanes of at least 4 members (excludes halogenated alkanes) is 1. The van der Waals surface area contributed by atoms with Crippen LogP contribution in [0.15, 0.2) is 47.6 Å². The normalized spacial score (nSPS) is 11.6. The van der Waals surface area contributed by atoms with Crippen LogP contribution < -0.4 is 0 Å². The Kier molecular flexibility index (Phi) is 10.0. The van der Waals surface area contributed by atoms with Crippen LogP contribution in [-0.4, -0.2) is 29.6 Å². The van der Waals surface area contributed by atoms with Crippen molar-refractivity contribution in [1.29, 1.82) is 0 Å². The maximum absolute atomic E-state index is 9.93. The molecule has 0 fully saturated rings. The van der Waals surface area contributed by atoms with Crippen molar-refractivity contribution < 1.29 is 5.11 Å². The van der Waals surface area contributed by atoms with Crippen LogP contribution in [0, 0.1) is 6.92 Å². The molecular formula is C24H37NO. The smallest absolute Gasteiger partial charge is 0.116 e. The fourth-order valence-corrected chi connectivity index (χ4v) is 2.78. The van der Waals surface area contributed by atoms with Gasteiger partial charge in [-0.3, -0.25) is 4.90 Å². The molecule has 2 nitrogen and oxygen atoms in total. The van der Waals surface area contributed by atoms with Gasteiger partial charge < -0.3 is 5.11 Å². The number of hydrogen-bond acceptors (Lipinski definition) is 2. The molecule has 2 heteroatoms. The van der Waals surface area contributed by atoms with E-state index in [1.807, 2.05) is 12.1 Å². The van der Waals surface area contributed by atoms with Crippen LogP contribution >= 0.6 is 0 Å². The van der Waals surface area contributed by atoms with Gasteiger partial charge in [0.25, 0.3) is 0 Å². The number of hydrogen-bond donors (Lipinski definition) is 1. The number of aryl methyl sites for hydroxylation is 1. The standard InChI is InChI=1S/C24H37NO/c1-7-8-9-22(24-18-23(26)11-10-21(24)6)14-17-25(15-12-19(2)3)16-13-20(4)5/h9-13,18,26H,7-8,14-17H2,1-6H3/b22-9-. The van der Waals surface area contributed by atoms with E-state index in [1.54, 1.807) is 6.07 Å². The van der Waals surface area contributed by atoms with Gasteiger partial charge in [-0.1, -0.05) is 48.8 Å². The Morgan fingerprint density at radius 2 is 1.62 bits per heavy atom. The van der Waals surface area contributed by atoms with E-state index in [0.29, 0.717) is 5.75 Å². The topological polar surface area (TPSA) is 23.5 Å².